The Morgan fingerprint density at radius 2 is 2.29 bits per heavy atom. The van der Waals surface area contributed by atoms with Gasteiger partial charge in [-0.3, -0.25) is 4.79 Å². The lowest BCUT2D eigenvalue weighted by Gasteiger charge is -1.96. The second kappa shape index (κ2) is 3.51. The molecule has 1 heterocycles. The molecule has 0 atom stereocenters. The lowest BCUT2D eigenvalue weighted by molar-refractivity contribution is 0.628. The predicted octanol–water partition coefficient (Wildman–Crippen LogP) is 2.29. The molecule has 2 aromatic rings. The van der Waals surface area contributed by atoms with Gasteiger partial charge in [0.2, 0.25) is 0 Å². The van der Waals surface area contributed by atoms with E-state index in [-0.39, 0.29) is 9.90 Å². The van der Waals surface area contributed by atoms with Gasteiger partial charge >= 0.3 is 4.87 Å². The maximum Gasteiger partial charge on any atom is 0.322 e. The summed E-state index contributed by atoms with van der Waals surface area (Å²) >= 11 is 6.54. The third-order valence-electron chi connectivity index (χ3n) is 1.60. The first-order chi connectivity index (χ1) is 6.66. The van der Waals surface area contributed by atoms with Crippen LogP contribution >= 0.6 is 22.9 Å². The van der Waals surface area contributed by atoms with Crippen molar-refractivity contribution in [3.63, 3.8) is 0 Å². The van der Waals surface area contributed by atoms with Crippen molar-refractivity contribution < 1.29 is 4.39 Å². The fourth-order valence-corrected chi connectivity index (χ4v) is 1.77. The second-order valence-corrected chi connectivity index (χ2v) is 3.92. The molecule has 14 heavy (non-hydrogen) atoms. The number of benzene rings is 1. The molecule has 72 valence electrons. The average molecular weight is 231 g/mol. The number of nitrogens with zero attached hydrogens (tertiary/aromatic N) is 1. The van der Waals surface area contributed by atoms with E-state index in [1.165, 1.54) is 18.2 Å². The summed E-state index contributed by atoms with van der Waals surface area (Å²) in [5.74, 6) is -0.488. The molecule has 3 nitrogen and oxygen atoms in total. The zero-order valence-electron chi connectivity index (χ0n) is 6.75. The van der Waals surface area contributed by atoms with Gasteiger partial charge in [-0.1, -0.05) is 22.9 Å². The van der Waals surface area contributed by atoms with Crippen molar-refractivity contribution >= 4 is 22.9 Å². The summed E-state index contributed by atoms with van der Waals surface area (Å²) in [6.45, 7) is 0. The van der Waals surface area contributed by atoms with Crippen LogP contribution < -0.4 is 4.87 Å². The standard InChI is InChI=1S/C8H4ClFN2OS/c9-5-3-4(1-2-6(5)10)7-11-12-8(13)14-7/h1-3H,(H,12,13). The minimum Gasteiger partial charge on any atom is -0.255 e. The first-order valence-electron chi connectivity index (χ1n) is 3.68. The van der Waals surface area contributed by atoms with Crippen molar-refractivity contribution in [2.75, 3.05) is 0 Å². The summed E-state index contributed by atoms with van der Waals surface area (Å²) in [6.07, 6.45) is 0. The van der Waals surface area contributed by atoms with Crippen molar-refractivity contribution in [2.45, 2.75) is 0 Å². The molecular weight excluding hydrogens is 227 g/mol. The van der Waals surface area contributed by atoms with E-state index >= 15 is 0 Å². The van der Waals surface area contributed by atoms with E-state index in [4.69, 9.17) is 11.6 Å². The van der Waals surface area contributed by atoms with E-state index in [9.17, 15) is 9.18 Å². The van der Waals surface area contributed by atoms with Gasteiger partial charge in [0.25, 0.3) is 0 Å². The number of hydrogen-bond donors (Lipinski definition) is 1. The molecule has 6 heteroatoms. The SMILES string of the molecule is O=c1[nH]nc(-c2ccc(F)c(Cl)c2)s1. The third-order valence-corrected chi connectivity index (χ3v) is 2.69. The molecule has 1 N–H and O–H groups in total. The van der Waals surface area contributed by atoms with Gasteiger partial charge in [0.1, 0.15) is 10.8 Å². The van der Waals surface area contributed by atoms with Gasteiger partial charge in [0.15, 0.2) is 0 Å². The highest BCUT2D eigenvalue weighted by atomic mass is 35.5. The maximum atomic E-state index is 12.8. The van der Waals surface area contributed by atoms with Crippen molar-refractivity contribution in [1.29, 1.82) is 0 Å². The Balaban J connectivity index is 2.52. The van der Waals surface area contributed by atoms with E-state index in [0.717, 1.165) is 11.3 Å². The molecule has 0 saturated carbocycles. The zero-order chi connectivity index (χ0) is 10.1. The molecule has 0 aliphatic rings. The number of aromatic amines is 1. The number of halogens is 2. The molecular formula is C8H4ClFN2OS. The normalized spacial score (nSPS) is 10.4. The van der Waals surface area contributed by atoms with E-state index in [1.807, 2.05) is 0 Å². The summed E-state index contributed by atoms with van der Waals surface area (Å²) < 4.78 is 12.8. The minimum absolute atomic E-state index is 0.0187. The highest BCUT2D eigenvalue weighted by Crippen LogP contribution is 2.24. The van der Waals surface area contributed by atoms with E-state index in [1.54, 1.807) is 0 Å². The summed E-state index contributed by atoms with van der Waals surface area (Å²) in [5, 5.41) is 6.55. The Bertz CT molecular complexity index is 522. The lowest BCUT2D eigenvalue weighted by atomic mass is 10.2. The van der Waals surface area contributed by atoms with E-state index in [2.05, 4.69) is 10.2 Å². The molecule has 0 radical (unpaired) electrons. The first kappa shape index (κ1) is 9.36. The minimum atomic E-state index is -0.488. The van der Waals surface area contributed by atoms with Gasteiger partial charge in [0, 0.05) is 5.56 Å². The largest absolute Gasteiger partial charge is 0.322 e. The Morgan fingerprint density at radius 1 is 1.50 bits per heavy atom. The molecule has 0 unspecified atom stereocenters. The Hall–Kier alpha value is -1.20. The van der Waals surface area contributed by atoms with Crippen LogP contribution in [0.15, 0.2) is 23.0 Å². The molecule has 0 bridgehead atoms. The number of rotatable bonds is 1. The van der Waals surface area contributed by atoms with Gasteiger partial charge in [-0.25, -0.2) is 9.49 Å². The van der Waals surface area contributed by atoms with Gasteiger partial charge < -0.3 is 0 Å². The topological polar surface area (TPSA) is 45.8 Å². The third kappa shape index (κ3) is 1.69. The molecule has 0 spiro atoms. The maximum absolute atomic E-state index is 12.8. The Kier molecular flexibility index (Phi) is 2.35. The molecule has 0 saturated heterocycles. The zero-order valence-corrected chi connectivity index (χ0v) is 8.32. The van der Waals surface area contributed by atoms with Crippen LogP contribution in [0.3, 0.4) is 0 Å². The monoisotopic (exact) mass is 230 g/mol. The Labute approximate surface area is 87.2 Å². The van der Waals surface area contributed by atoms with Crippen molar-refractivity contribution in [3.05, 3.63) is 38.7 Å². The number of aromatic nitrogens is 2. The van der Waals surface area contributed by atoms with Gasteiger partial charge in [-0.15, -0.1) is 0 Å². The summed E-state index contributed by atoms with van der Waals surface area (Å²) in [6, 6.07) is 4.19. The van der Waals surface area contributed by atoms with Crippen LogP contribution in [0.25, 0.3) is 10.6 Å². The summed E-state index contributed by atoms with van der Waals surface area (Å²) in [4.78, 5) is 10.6. The molecule has 0 fully saturated rings. The number of H-pyrrole nitrogens is 1. The predicted molar refractivity (Wildman–Crippen MR) is 53.1 cm³/mol. The highest BCUT2D eigenvalue weighted by molar-refractivity contribution is 7.12. The van der Waals surface area contributed by atoms with Crippen LogP contribution in [0.4, 0.5) is 4.39 Å². The van der Waals surface area contributed by atoms with Gasteiger partial charge in [-0.05, 0) is 18.2 Å². The van der Waals surface area contributed by atoms with Crippen LogP contribution in [-0.2, 0) is 0 Å². The van der Waals surface area contributed by atoms with Crippen LogP contribution in [-0.4, -0.2) is 10.2 Å². The molecule has 2 rings (SSSR count). The quantitative estimate of drug-likeness (QED) is 0.817. The van der Waals surface area contributed by atoms with E-state index < -0.39 is 5.82 Å². The number of hydrogen-bond acceptors (Lipinski definition) is 3. The molecule has 0 amide bonds. The second-order valence-electron chi connectivity index (χ2n) is 2.55. The smallest absolute Gasteiger partial charge is 0.255 e. The van der Waals surface area contributed by atoms with Crippen molar-refractivity contribution in [1.82, 2.24) is 10.2 Å². The van der Waals surface area contributed by atoms with Crippen molar-refractivity contribution in [3.8, 4) is 10.6 Å². The fraction of sp³-hybridized carbons (Fsp3) is 0. The van der Waals surface area contributed by atoms with Crippen LogP contribution in [0.5, 0.6) is 0 Å². The average Bonchev–Trinajstić information content (AvgIpc) is 2.57. The van der Waals surface area contributed by atoms with Crippen LogP contribution in [0, 0.1) is 5.82 Å². The summed E-state index contributed by atoms with van der Waals surface area (Å²) in [5.41, 5.74) is 0.625. The molecule has 0 aliphatic heterocycles. The Morgan fingerprint density at radius 3 is 2.86 bits per heavy atom. The highest BCUT2D eigenvalue weighted by Gasteiger charge is 2.06. The van der Waals surface area contributed by atoms with Gasteiger partial charge in [-0.2, -0.15) is 5.10 Å². The molecule has 0 aliphatic carbocycles. The summed E-state index contributed by atoms with van der Waals surface area (Å²) in [7, 11) is 0. The number of nitrogens with one attached hydrogen (secondary N) is 1. The van der Waals surface area contributed by atoms with E-state index in [0.29, 0.717) is 10.6 Å². The van der Waals surface area contributed by atoms with Crippen LogP contribution in [0.1, 0.15) is 0 Å². The van der Waals surface area contributed by atoms with Crippen molar-refractivity contribution in [2.24, 2.45) is 0 Å². The van der Waals surface area contributed by atoms with Gasteiger partial charge in [0.05, 0.1) is 5.02 Å². The first-order valence-corrected chi connectivity index (χ1v) is 4.87. The lowest BCUT2D eigenvalue weighted by Crippen LogP contribution is -1.90. The fourth-order valence-electron chi connectivity index (χ4n) is 0.982. The molecule has 1 aromatic heterocycles. The van der Waals surface area contributed by atoms with Crippen LogP contribution in [0.2, 0.25) is 5.02 Å². The molecule has 1 aromatic carbocycles.